The fourth-order valence-electron chi connectivity index (χ4n) is 2.04. The van der Waals surface area contributed by atoms with E-state index < -0.39 is 41.1 Å². The molecule has 3 rings (SSSR count). The van der Waals surface area contributed by atoms with Crippen molar-refractivity contribution in [3.63, 3.8) is 0 Å². The van der Waals surface area contributed by atoms with Crippen molar-refractivity contribution in [1.82, 2.24) is 10.1 Å². The molecule has 0 bridgehead atoms. The summed E-state index contributed by atoms with van der Waals surface area (Å²) in [5.74, 6) is -6.65. The minimum absolute atomic E-state index is 0.0255. The second kappa shape index (κ2) is 6.74. The van der Waals surface area contributed by atoms with Gasteiger partial charge in [0.25, 0.3) is 5.91 Å². The van der Waals surface area contributed by atoms with Crippen LogP contribution in [-0.4, -0.2) is 16.0 Å². The lowest BCUT2D eigenvalue weighted by molar-refractivity contribution is -0.159. The number of carbonyl (C=O) groups excluding carboxylic acids is 1. The monoisotopic (exact) mass is 387 g/mol. The smallest absolute Gasteiger partial charge is 0.329 e. The molecule has 0 saturated heterocycles. The van der Waals surface area contributed by atoms with Crippen LogP contribution in [0.3, 0.4) is 0 Å². The van der Waals surface area contributed by atoms with Gasteiger partial charge in [-0.25, -0.2) is 13.2 Å². The highest BCUT2D eigenvalue weighted by molar-refractivity contribution is 6.04. The summed E-state index contributed by atoms with van der Waals surface area (Å²) in [7, 11) is 0. The van der Waals surface area contributed by atoms with Crippen molar-refractivity contribution >= 4 is 11.6 Å². The topological polar surface area (TPSA) is 68.0 Å². The zero-order chi connectivity index (χ0) is 19.8. The molecule has 0 fully saturated rings. The van der Waals surface area contributed by atoms with Crippen molar-refractivity contribution < 1.29 is 35.7 Å². The van der Waals surface area contributed by atoms with E-state index in [1.54, 1.807) is 0 Å². The number of anilines is 1. The zero-order valence-electron chi connectivity index (χ0n) is 12.9. The lowest BCUT2D eigenvalue weighted by Gasteiger charge is -2.07. The van der Waals surface area contributed by atoms with Gasteiger partial charge in [0.05, 0.1) is 5.69 Å². The minimum atomic E-state index is -4.79. The van der Waals surface area contributed by atoms with Gasteiger partial charge in [0.1, 0.15) is 5.82 Å². The first-order valence-corrected chi connectivity index (χ1v) is 7.12. The summed E-state index contributed by atoms with van der Waals surface area (Å²) < 4.78 is 81.0. The van der Waals surface area contributed by atoms with E-state index in [-0.39, 0.29) is 23.0 Å². The quantitative estimate of drug-likeness (QED) is 0.534. The molecule has 0 aliphatic heterocycles. The number of hydrogen-bond donors (Lipinski definition) is 1. The average Bonchev–Trinajstić information content (AvgIpc) is 3.10. The van der Waals surface area contributed by atoms with Crippen LogP contribution in [-0.2, 0) is 6.18 Å². The van der Waals surface area contributed by atoms with Crippen molar-refractivity contribution in [3.05, 3.63) is 65.3 Å². The fraction of sp³-hybridized carbons (Fsp3) is 0.0625. The molecule has 27 heavy (non-hydrogen) atoms. The SMILES string of the molecule is O=C(Nc1cc(F)c(F)cc1F)c1ccc(-c2noc(C(F)(F)F)n2)cc1. The van der Waals surface area contributed by atoms with Crippen LogP contribution in [0.1, 0.15) is 16.2 Å². The Hall–Kier alpha value is -3.37. The van der Waals surface area contributed by atoms with Gasteiger partial charge in [-0.2, -0.15) is 18.2 Å². The van der Waals surface area contributed by atoms with Gasteiger partial charge in [-0.15, -0.1) is 0 Å². The summed E-state index contributed by atoms with van der Waals surface area (Å²) >= 11 is 0. The number of amides is 1. The van der Waals surface area contributed by atoms with Gasteiger partial charge in [-0.3, -0.25) is 4.79 Å². The van der Waals surface area contributed by atoms with E-state index in [2.05, 4.69) is 20.0 Å². The molecule has 3 aromatic rings. The number of halogens is 6. The first-order valence-electron chi connectivity index (χ1n) is 7.12. The van der Waals surface area contributed by atoms with Crippen LogP contribution >= 0.6 is 0 Å². The summed E-state index contributed by atoms with van der Waals surface area (Å²) in [5, 5.41) is 5.25. The summed E-state index contributed by atoms with van der Waals surface area (Å²) in [6.07, 6.45) is -4.79. The largest absolute Gasteiger partial charge is 0.471 e. The Balaban J connectivity index is 1.78. The number of carbonyl (C=O) groups is 1. The summed E-state index contributed by atoms with van der Waals surface area (Å²) in [6, 6.07) is 5.64. The van der Waals surface area contributed by atoms with Gasteiger partial charge in [0, 0.05) is 23.3 Å². The van der Waals surface area contributed by atoms with E-state index in [4.69, 9.17) is 0 Å². The Morgan fingerprint density at radius 2 is 1.59 bits per heavy atom. The lowest BCUT2D eigenvalue weighted by atomic mass is 10.1. The molecule has 0 aliphatic rings. The summed E-state index contributed by atoms with van der Waals surface area (Å²) in [4.78, 5) is 15.2. The maximum atomic E-state index is 13.6. The molecular formula is C16H7F6N3O2. The van der Waals surface area contributed by atoms with Crippen molar-refractivity contribution in [2.75, 3.05) is 5.32 Å². The molecule has 0 atom stereocenters. The van der Waals surface area contributed by atoms with Gasteiger partial charge in [-0.1, -0.05) is 17.3 Å². The Kier molecular flexibility index (Phi) is 4.60. The van der Waals surface area contributed by atoms with E-state index in [0.717, 1.165) is 0 Å². The van der Waals surface area contributed by atoms with Crippen molar-refractivity contribution in [1.29, 1.82) is 0 Å². The molecule has 0 aliphatic carbocycles. The molecule has 0 spiro atoms. The molecule has 0 saturated carbocycles. The van der Waals surface area contributed by atoms with Crippen LogP contribution in [0.15, 0.2) is 40.9 Å². The van der Waals surface area contributed by atoms with Crippen molar-refractivity contribution in [2.45, 2.75) is 6.18 Å². The first kappa shape index (κ1) is 18.4. The highest BCUT2D eigenvalue weighted by Gasteiger charge is 2.38. The standard InChI is InChI=1S/C16H7F6N3O2/c17-9-5-11(19)12(6-10(9)18)23-14(26)8-3-1-7(2-4-8)13-24-15(27-25-13)16(20,21)22/h1-6H,(H,23,26). The van der Waals surface area contributed by atoms with E-state index in [1.807, 2.05) is 0 Å². The number of aromatic nitrogens is 2. The number of benzene rings is 2. The van der Waals surface area contributed by atoms with Crippen molar-refractivity contribution in [2.24, 2.45) is 0 Å². The third-order valence-corrected chi connectivity index (χ3v) is 3.33. The average molecular weight is 387 g/mol. The second-order valence-electron chi connectivity index (χ2n) is 5.20. The molecule has 1 amide bonds. The van der Waals surface area contributed by atoms with Crippen LogP contribution < -0.4 is 5.32 Å². The van der Waals surface area contributed by atoms with Gasteiger partial charge in [0.15, 0.2) is 11.6 Å². The molecule has 1 heterocycles. The predicted molar refractivity (Wildman–Crippen MR) is 79.0 cm³/mol. The Morgan fingerprint density at radius 1 is 0.963 bits per heavy atom. The van der Waals surface area contributed by atoms with E-state index in [1.165, 1.54) is 24.3 Å². The number of nitrogens with zero attached hydrogens (tertiary/aromatic N) is 2. The maximum Gasteiger partial charge on any atom is 0.471 e. The van der Waals surface area contributed by atoms with E-state index in [9.17, 15) is 31.1 Å². The Bertz CT molecular complexity index is 998. The van der Waals surface area contributed by atoms with Crippen LogP contribution in [0.25, 0.3) is 11.4 Å². The van der Waals surface area contributed by atoms with Crippen LogP contribution in [0.2, 0.25) is 0 Å². The van der Waals surface area contributed by atoms with Gasteiger partial charge in [0.2, 0.25) is 5.82 Å². The minimum Gasteiger partial charge on any atom is -0.329 e. The molecule has 1 N–H and O–H groups in total. The van der Waals surface area contributed by atoms with Gasteiger partial charge in [-0.05, 0) is 12.1 Å². The first-order chi connectivity index (χ1) is 12.6. The molecule has 1 aromatic heterocycles. The van der Waals surface area contributed by atoms with E-state index >= 15 is 0 Å². The fourth-order valence-corrected chi connectivity index (χ4v) is 2.04. The van der Waals surface area contributed by atoms with Crippen molar-refractivity contribution in [3.8, 4) is 11.4 Å². The van der Waals surface area contributed by atoms with Crippen LogP contribution in [0, 0.1) is 17.5 Å². The number of hydrogen-bond acceptors (Lipinski definition) is 4. The van der Waals surface area contributed by atoms with Gasteiger partial charge < -0.3 is 9.84 Å². The van der Waals surface area contributed by atoms with E-state index in [0.29, 0.717) is 6.07 Å². The molecular weight excluding hydrogens is 380 g/mol. The van der Waals surface area contributed by atoms with Crippen LogP contribution in [0.5, 0.6) is 0 Å². The molecule has 2 aromatic carbocycles. The molecule has 5 nitrogen and oxygen atoms in total. The molecule has 11 heteroatoms. The normalized spacial score (nSPS) is 11.5. The summed E-state index contributed by atoms with van der Waals surface area (Å²) in [6.45, 7) is 0. The number of nitrogens with one attached hydrogen (secondary N) is 1. The second-order valence-corrected chi connectivity index (χ2v) is 5.20. The number of rotatable bonds is 3. The Morgan fingerprint density at radius 3 is 2.19 bits per heavy atom. The molecule has 140 valence electrons. The maximum absolute atomic E-state index is 13.6. The van der Waals surface area contributed by atoms with Crippen LogP contribution in [0.4, 0.5) is 32.0 Å². The van der Waals surface area contributed by atoms with Gasteiger partial charge >= 0.3 is 12.1 Å². The third-order valence-electron chi connectivity index (χ3n) is 3.33. The zero-order valence-corrected chi connectivity index (χ0v) is 12.9. The summed E-state index contributed by atoms with van der Waals surface area (Å²) in [5.41, 5.74) is -0.469. The lowest BCUT2D eigenvalue weighted by Crippen LogP contribution is -2.13. The highest BCUT2D eigenvalue weighted by Crippen LogP contribution is 2.29. The predicted octanol–water partition coefficient (Wildman–Crippen LogP) is 4.43. The molecule has 0 radical (unpaired) electrons. The highest BCUT2D eigenvalue weighted by atomic mass is 19.4. The Labute approximate surface area is 146 Å². The molecule has 0 unspecified atom stereocenters. The third kappa shape index (κ3) is 3.91. The number of alkyl halides is 3.